The number of carbonyl (C=O) groups excluding carboxylic acids is 1. The molecule has 0 saturated heterocycles. The number of anilines is 1. The number of para-hydroxylation sites is 1. The van der Waals surface area contributed by atoms with Gasteiger partial charge in [-0.3, -0.25) is 4.79 Å². The molecule has 0 aliphatic rings. The number of hydrogen-bond donors (Lipinski definition) is 4. The molecule has 0 atom stereocenters. The maximum atomic E-state index is 13.9. The first-order valence-corrected chi connectivity index (χ1v) is 9.42. The minimum absolute atomic E-state index is 0.0807. The third-order valence-corrected chi connectivity index (χ3v) is 5.18. The van der Waals surface area contributed by atoms with E-state index in [0.717, 1.165) is 0 Å². The number of benzene rings is 3. The first-order chi connectivity index (χ1) is 15.1. The van der Waals surface area contributed by atoms with Crippen LogP contribution in [0.3, 0.4) is 0 Å². The van der Waals surface area contributed by atoms with Gasteiger partial charge in [0.25, 0.3) is 5.91 Å². The van der Waals surface area contributed by atoms with Gasteiger partial charge in [-0.2, -0.15) is 0 Å². The van der Waals surface area contributed by atoms with E-state index in [0.29, 0.717) is 38.8 Å². The number of fused-ring (bicyclic) bond motifs is 2. The van der Waals surface area contributed by atoms with Crippen LogP contribution < -0.4 is 5.32 Å². The number of aromatic amines is 2. The number of nitroso groups, excluding NO2 is 1. The third kappa shape index (κ3) is 3.01. The van der Waals surface area contributed by atoms with E-state index in [1.54, 1.807) is 42.5 Å². The lowest BCUT2D eigenvalue weighted by atomic mass is 10.1. The number of aromatic nitrogens is 2. The number of aromatic hydroxyl groups is 1. The van der Waals surface area contributed by atoms with Crippen LogP contribution in [-0.2, 0) is 0 Å². The molecule has 5 aromatic rings. The summed E-state index contributed by atoms with van der Waals surface area (Å²) in [5.74, 6) is -1.37. The fourth-order valence-corrected chi connectivity index (χ4v) is 3.76. The molecule has 2 heterocycles. The Bertz CT molecular complexity index is 1490. The fourth-order valence-electron chi connectivity index (χ4n) is 3.76. The predicted molar refractivity (Wildman–Crippen MR) is 117 cm³/mol. The highest BCUT2D eigenvalue weighted by Gasteiger charge is 2.21. The van der Waals surface area contributed by atoms with E-state index < -0.39 is 11.7 Å². The van der Waals surface area contributed by atoms with Crippen molar-refractivity contribution in [1.82, 2.24) is 9.97 Å². The number of H-pyrrole nitrogens is 2. The molecule has 0 radical (unpaired) electrons. The highest BCUT2D eigenvalue weighted by molar-refractivity contribution is 6.10. The number of rotatable bonds is 4. The van der Waals surface area contributed by atoms with Crippen molar-refractivity contribution in [3.63, 3.8) is 0 Å². The molecule has 0 aliphatic heterocycles. The molecule has 0 fully saturated rings. The number of nitrogens with one attached hydrogen (secondary N) is 3. The van der Waals surface area contributed by atoms with Gasteiger partial charge in [-0.05, 0) is 41.6 Å². The largest absolute Gasteiger partial charge is 0.494 e. The molecule has 152 valence electrons. The van der Waals surface area contributed by atoms with Crippen molar-refractivity contribution in [1.29, 1.82) is 0 Å². The van der Waals surface area contributed by atoms with Gasteiger partial charge in [0.2, 0.25) is 0 Å². The second-order valence-corrected chi connectivity index (χ2v) is 7.03. The second kappa shape index (κ2) is 7.10. The summed E-state index contributed by atoms with van der Waals surface area (Å²) in [6.45, 7) is 0. The van der Waals surface area contributed by atoms with E-state index in [-0.39, 0.29) is 17.1 Å². The molecule has 4 N–H and O–H groups in total. The van der Waals surface area contributed by atoms with Crippen LogP contribution in [0.25, 0.3) is 33.1 Å². The van der Waals surface area contributed by atoms with Crippen LogP contribution in [0.15, 0.2) is 71.9 Å². The van der Waals surface area contributed by atoms with Gasteiger partial charge in [-0.1, -0.05) is 30.3 Å². The first kappa shape index (κ1) is 18.6. The van der Waals surface area contributed by atoms with Gasteiger partial charge in [0.15, 0.2) is 5.88 Å². The zero-order chi connectivity index (χ0) is 21.5. The summed E-state index contributed by atoms with van der Waals surface area (Å²) in [6, 6.07) is 17.8. The summed E-state index contributed by atoms with van der Waals surface area (Å²) in [5, 5.41) is 17.6. The summed E-state index contributed by atoms with van der Waals surface area (Å²) >= 11 is 0. The SMILES string of the molecule is O=Nc1c(-c2c(O)[nH]c3ccc(NC(=O)c4ccccc4F)cc23)[nH]c2ccccc12. The van der Waals surface area contributed by atoms with Gasteiger partial charge in [-0.15, -0.1) is 4.91 Å². The van der Waals surface area contributed by atoms with E-state index in [1.165, 1.54) is 18.2 Å². The van der Waals surface area contributed by atoms with Gasteiger partial charge in [0.05, 0.1) is 16.8 Å². The lowest BCUT2D eigenvalue weighted by Crippen LogP contribution is -2.13. The Labute approximate surface area is 174 Å². The topological polar surface area (TPSA) is 110 Å². The normalized spacial score (nSPS) is 11.1. The summed E-state index contributed by atoms with van der Waals surface area (Å²) in [4.78, 5) is 30.1. The summed E-state index contributed by atoms with van der Waals surface area (Å²) in [6.07, 6.45) is 0. The average molecular weight is 414 g/mol. The summed E-state index contributed by atoms with van der Waals surface area (Å²) < 4.78 is 13.9. The van der Waals surface area contributed by atoms with Gasteiger partial charge < -0.3 is 20.4 Å². The number of hydrogen-bond acceptors (Lipinski definition) is 4. The fraction of sp³-hybridized carbons (Fsp3) is 0. The van der Waals surface area contributed by atoms with Crippen LogP contribution in [-0.4, -0.2) is 21.0 Å². The Kier molecular flexibility index (Phi) is 4.25. The van der Waals surface area contributed by atoms with Crippen LogP contribution in [0.4, 0.5) is 15.8 Å². The van der Waals surface area contributed by atoms with Gasteiger partial charge >= 0.3 is 0 Å². The number of halogens is 1. The van der Waals surface area contributed by atoms with E-state index >= 15 is 0 Å². The van der Waals surface area contributed by atoms with Crippen molar-refractivity contribution in [3.05, 3.63) is 83.0 Å². The molecule has 0 unspecified atom stereocenters. The number of carbonyl (C=O) groups is 1. The highest BCUT2D eigenvalue weighted by Crippen LogP contribution is 2.44. The third-order valence-electron chi connectivity index (χ3n) is 5.18. The zero-order valence-electron chi connectivity index (χ0n) is 15.9. The molecule has 0 aliphatic carbocycles. The minimum atomic E-state index is -0.624. The molecule has 3 aromatic carbocycles. The van der Waals surface area contributed by atoms with E-state index in [1.807, 2.05) is 6.07 Å². The average Bonchev–Trinajstić information content (AvgIpc) is 3.29. The monoisotopic (exact) mass is 414 g/mol. The Morgan fingerprint density at radius 3 is 2.48 bits per heavy atom. The molecule has 1 amide bonds. The lowest BCUT2D eigenvalue weighted by Gasteiger charge is -2.07. The van der Waals surface area contributed by atoms with E-state index in [9.17, 15) is 19.2 Å². The van der Waals surface area contributed by atoms with Crippen LogP contribution >= 0.6 is 0 Å². The van der Waals surface area contributed by atoms with E-state index in [4.69, 9.17) is 0 Å². The van der Waals surface area contributed by atoms with Crippen LogP contribution in [0, 0.1) is 10.7 Å². The molecule has 31 heavy (non-hydrogen) atoms. The lowest BCUT2D eigenvalue weighted by molar-refractivity contribution is 0.102. The molecule has 2 aromatic heterocycles. The Hall–Kier alpha value is -4.46. The Morgan fingerprint density at radius 2 is 1.68 bits per heavy atom. The molecule has 5 rings (SSSR count). The van der Waals surface area contributed by atoms with Crippen molar-refractivity contribution >= 4 is 39.1 Å². The van der Waals surface area contributed by atoms with Crippen LogP contribution in [0.5, 0.6) is 5.88 Å². The highest BCUT2D eigenvalue weighted by atomic mass is 19.1. The van der Waals surface area contributed by atoms with Crippen molar-refractivity contribution < 1.29 is 14.3 Å². The molecule has 0 saturated carbocycles. The minimum Gasteiger partial charge on any atom is -0.494 e. The zero-order valence-corrected chi connectivity index (χ0v) is 15.9. The van der Waals surface area contributed by atoms with E-state index in [2.05, 4.69) is 20.5 Å². The van der Waals surface area contributed by atoms with Crippen molar-refractivity contribution in [2.75, 3.05) is 5.32 Å². The van der Waals surface area contributed by atoms with Crippen molar-refractivity contribution in [2.45, 2.75) is 0 Å². The Morgan fingerprint density at radius 1 is 0.935 bits per heavy atom. The molecular formula is C23H15FN4O3. The molecule has 0 bridgehead atoms. The van der Waals surface area contributed by atoms with Gasteiger partial charge in [0, 0.05) is 27.5 Å². The summed E-state index contributed by atoms with van der Waals surface area (Å²) in [7, 11) is 0. The van der Waals surface area contributed by atoms with Gasteiger partial charge in [-0.25, -0.2) is 4.39 Å². The number of amides is 1. The first-order valence-electron chi connectivity index (χ1n) is 9.42. The second-order valence-electron chi connectivity index (χ2n) is 7.03. The molecule has 7 nitrogen and oxygen atoms in total. The van der Waals surface area contributed by atoms with Gasteiger partial charge in [0.1, 0.15) is 11.5 Å². The molecular weight excluding hydrogens is 399 g/mol. The van der Waals surface area contributed by atoms with Crippen molar-refractivity contribution in [3.8, 4) is 17.1 Å². The predicted octanol–water partition coefficient (Wildman–Crippen LogP) is 5.81. The van der Waals surface area contributed by atoms with Crippen LogP contribution in [0.1, 0.15) is 10.4 Å². The summed E-state index contributed by atoms with van der Waals surface area (Å²) in [5.41, 5.74) is 2.49. The van der Waals surface area contributed by atoms with Crippen LogP contribution in [0.2, 0.25) is 0 Å². The Balaban J connectivity index is 1.63. The molecule has 8 heteroatoms. The smallest absolute Gasteiger partial charge is 0.258 e. The maximum Gasteiger partial charge on any atom is 0.258 e. The standard InChI is InChI=1S/C23H15FN4O3/c24-16-7-3-1-5-13(16)22(29)25-12-9-10-18-15(11-12)19(23(30)27-18)21-20(28-31)14-6-2-4-8-17(14)26-21/h1-11,26-27,30H,(H,25,29). The molecule has 0 spiro atoms. The quantitative estimate of drug-likeness (QED) is 0.278. The number of nitrogens with zero attached hydrogens (tertiary/aromatic N) is 1. The van der Waals surface area contributed by atoms with Crippen molar-refractivity contribution in [2.24, 2.45) is 5.18 Å². The maximum absolute atomic E-state index is 13.9.